The van der Waals surface area contributed by atoms with Gasteiger partial charge in [0.1, 0.15) is 18.2 Å². The van der Waals surface area contributed by atoms with Gasteiger partial charge in [0.25, 0.3) is 0 Å². The van der Waals surface area contributed by atoms with E-state index >= 15 is 0 Å². The molecule has 1 atom stereocenters. The molecule has 0 fully saturated rings. The molecular weight excluding hydrogens is 516 g/mol. The lowest BCUT2D eigenvalue weighted by molar-refractivity contribution is -0.118. The van der Waals surface area contributed by atoms with E-state index in [9.17, 15) is 14.4 Å². The predicted molar refractivity (Wildman–Crippen MR) is 140 cm³/mol. The second-order valence-corrected chi connectivity index (χ2v) is 10.8. The van der Waals surface area contributed by atoms with Crippen LogP contribution in [-0.2, 0) is 16.1 Å². The van der Waals surface area contributed by atoms with Gasteiger partial charge in [-0.25, -0.2) is 4.39 Å². The first kappa shape index (κ1) is 27.0. The van der Waals surface area contributed by atoms with Gasteiger partial charge in [0.15, 0.2) is 11.5 Å². The van der Waals surface area contributed by atoms with Gasteiger partial charge in [-0.05, 0) is 47.2 Å². The Morgan fingerprint density at radius 3 is 2.43 bits per heavy atom. The Hall–Kier alpha value is -3.05. The third-order valence-electron chi connectivity index (χ3n) is 6.66. The molecular formula is C28H28Cl2FN3O3. The zero-order valence-corrected chi connectivity index (χ0v) is 22.4. The van der Waals surface area contributed by atoms with E-state index in [0.29, 0.717) is 37.1 Å². The molecule has 1 aliphatic carbocycles. The molecule has 0 spiro atoms. The Kier molecular flexibility index (Phi) is 7.84. The van der Waals surface area contributed by atoms with Crippen molar-refractivity contribution in [2.24, 2.45) is 11.1 Å². The number of carbonyl (C=O) groups is 1. The summed E-state index contributed by atoms with van der Waals surface area (Å²) in [4.78, 5) is 15.4. The van der Waals surface area contributed by atoms with Crippen LogP contribution >= 0.6 is 23.2 Å². The smallest absolute Gasteiger partial charge is 0.162 e. The van der Waals surface area contributed by atoms with Gasteiger partial charge in [0.2, 0.25) is 0 Å². The van der Waals surface area contributed by atoms with Gasteiger partial charge in [0.05, 0.1) is 34.2 Å². The van der Waals surface area contributed by atoms with Crippen LogP contribution in [0.3, 0.4) is 0 Å². The van der Waals surface area contributed by atoms with Crippen molar-refractivity contribution in [3.05, 3.63) is 86.1 Å². The fraction of sp³-hybridized carbons (Fsp3) is 0.357. The van der Waals surface area contributed by atoms with E-state index in [2.05, 4.69) is 6.07 Å². The SMILES string of the molecule is COCCN1C(N)=C(C#N)[C@@H](c2cc(Cl)c(OCc3ccc(F)cc3)c(Cl)c2)C2=C1CC(C)(C)CC2=O. The maximum atomic E-state index is 13.5. The Bertz CT molecular complexity index is 1310. The number of nitriles is 1. The zero-order valence-electron chi connectivity index (χ0n) is 20.9. The molecule has 0 aromatic heterocycles. The number of hydrogen-bond acceptors (Lipinski definition) is 6. The van der Waals surface area contributed by atoms with Gasteiger partial charge in [-0.3, -0.25) is 4.79 Å². The first-order chi connectivity index (χ1) is 17.6. The van der Waals surface area contributed by atoms with Gasteiger partial charge in [0, 0.05) is 31.3 Å². The van der Waals surface area contributed by atoms with Crippen molar-refractivity contribution in [3.63, 3.8) is 0 Å². The molecule has 194 valence electrons. The highest BCUT2D eigenvalue weighted by molar-refractivity contribution is 6.37. The van der Waals surface area contributed by atoms with E-state index in [4.69, 9.17) is 38.4 Å². The van der Waals surface area contributed by atoms with Crippen molar-refractivity contribution in [3.8, 4) is 11.8 Å². The highest BCUT2D eigenvalue weighted by Gasteiger charge is 2.44. The van der Waals surface area contributed by atoms with Crippen molar-refractivity contribution in [1.82, 2.24) is 4.90 Å². The molecule has 9 heteroatoms. The zero-order chi connectivity index (χ0) is 26.9. The van der Waals surface area contributed by atoms with E-state index in [1.54, 1.807) is 31.4 Å². The molecule has 1 heterocycles. The van der Waals surface area contributed by atoms with Gasteiger partial charge in [-0.2, -0.15) is 5.26 Å². The Morgan fingerprint density at radius 1 is 1.19 bits per heavy atom. The standard InChI is InChI=1S/C28H28Cl2FN3O3/c1-28(2)12-22-25(23(35)13-28)24(19(14-32)27(33)34(22)8-9-36-3)17-10-20(29)26(21(30)11-17)37-15-16-4-6-18(31)7-5-16/h4-7,10-11,24H,8-9,12-13,15,33H2,1-3H3/t24-/m1/s1. The number of benzene rings is 2. The molecule has 4 rings (SSSR count). The van der Waals surface area contributed by atoms with Crippen LogP contribution in [0.5, 0.6) is 5.75 Å². The Morgan fingerprint density at radius 2 is 1.84 bits per heavy atom. The first-order valence-electron chi connectivity index (χ1n) is 11.8. The molecule has 1 aliphatic heterocycles. The van der Waals surface area contributed by atoms with Crippen molar-refractivity contribution in [2.75, 3.05) is 20.3 Å². The minimum atomic E-state index is -0.705. The number of nitrogens with two attached hydrogens (primary N) is 1. The molecule has 2 N–H and O–H groups in total. The number of methoxy groups -OCH3 is 1. The Labute approximate surface area is 226 Å². The summed E-state index contributed by atoms with van der Waals surface area (Å²) in [5.41, 5.74) is 9.19. The van der Waals surface area contributed by atoms with Crippen LogP contribution in [-0.4, -0.2) is 30.9 Å². The number of nitrogens with zero attached hydrogens (tertiary/aromatic N) is 2. The number of halogens is 3. The molecule has 2 aromatic rings. The maximum Gasteiger partial charge on any atom is 0.162 e. The monoisotopic (exact) mass is 543 g/mol. The lowest BCUT2D eigenvalue weighted by atomic mass is 9.68. The number of carbonyl (C=O) groups excluding carboxylic acids is 1. The lowest BCUT2D eigenvalue weighted by Gasteiger charge is -2.43. The van der Waals surface area contributed by atoms with Crippen LogP contribution in [0.4, 0.5) is 4.39 Å². The van der Waals surface area contributed by atoms with Crippen LogP contribution in [0.1, 0.15) is 43.7 Å². The summed E-state index contributed by atoms with van der Waals surface area (Å²) in [6, 6.07) is 11.5. The fourth-order valence-corrected chi connectivity index (χ4v) is 5.58. The molecule has 2 aliphatic rings. The van der Waals surface area contributed by atoms with Crippen LogP contribution in [0.15, 0.2) is 59.1 Å². The second kappa shape index (κ2) is 10.7. The first-order valence-corrected chi connectivity index (χ1v) is 12.6. The quantitative estimate of drug-likeness (QED) is 0.454. The molecule has 0 radical (unpaired) electrons. The fourth-order valence-electron chi connectivity index (χ4n) is 4.97. The minimum absolute atomic E-state index is 0.0391. The highest BCUT2D eigenvalue weighted by atomic mass is 35.5. The lowest BCUT2D eigenvalue weighted by Crippen LogP contribution is -2.43. The third kappa shape index (κ3) is 5.47. The molecule has 0 bridgehead atoms. The maximum absolute atomic E-state index is 13.5. The van der Waals surface area contributed by atoms with Gasteiger partial charge >= 0.3 is 0 Å². The molecule has 0 unspecified atom stereocenters. The summed E-state index contributed by atoms with van der Waals surface area (Å²) < 4.78 is 24.3. The van der Waals surface area contributed by atoms with Gasteiger partial charge < -0.3 is 20.1 Å². The second-order valence-electron chi connectivity index (χ2n) is 10.0. The van der Waals surface area contributed by atoms with E-state index in [-0.39, 0.29) is 50.8 Å². The van der Waals surface area contributed by atoms with Gasteiger partial charge in [-0.1, -0.05) is 49.2 Å². The van der Waals surface area contributed by atoms with Crippen LogP contribution in [0.25, 0.3) is 0 Å². The van der Waals surface area contributed by atoms with E-state index in [0.717, 1.165) is 11.3 Å². The summed E-state index contributed by atoms with van der Waals surface area (Å²) in [6.45, 7) is 5.02. The van der Waals surface area contributed by atoms with E-state index in [1.807, 2.05) is 18.7 Å². The number of allylic oxidation sites excluding steroid dienone is 3. The molecule has 0 saturated heterocycles. The van der Waals surface area contributed by atoms with Crippen LogP contribution in [0, 0.1) is 22.6 Å². The van der Waals surface area contributed by atoms with Crippen molar-refractivity contribution in [1.29, 1.82) is 5.26 Å². The molecule has 0 saturated carbocycles. The van der Waals surface area contributed by atoms with Crippen molar-refractivity contribution < 1.29 is 18.7 Å². The summed E-state index contributed by atoms with van der Waals surface area (Å²) in [5, 5.41) is 10.6. The third-order valence-corrected chi connectivity index (χ3v) is 7.22. The Balaban J connectivity index is 1.76. The summed E-state index contributed by atoms with van der Waals surface area (Å²) in [6.07, 6.45) is 0.966. The van der Waals surface area contributed by atoms with Crippen LogP contribution < -0.4 is 10.5 Å². The molecule has 2 aromatic carbocycles. The number of Topliss-reactive ketones (excluding diaryl/α,β-unsaturated/α-hetero) is 1. The minimum Gasteiger partial charge on any atom is -0.486 e. The number of ketones is 1. The number of hydrogen-bond donors (Lipinski definition) is 1. The van der Waals surface area contributed by atoms with Crippen molar-refractivity contribution >= 4 is 29.0 Å². The topological polar surface area (TPSA) is 88.6 Å². The molecule has 0 amide bonds. The summed E-state index contributed by atoms with van der Waals surface area (Å²) >= 11 is 13.2. The largest absolute Gasteiger partial charge is 0.486 e. The highest BCUT2D eigenvalue weighted by Crippen LogP contribution is 2.50. The average Bonchev–Trinajstić information content (AvgIpc) is 2.82. The van der Waals surface area contributed by atoms with Gasteiger partial charge in [-0.15, -0.1) is 0 Å². The van der Waals surface area contributed by atoms with E-state index < -0.39 is 5.92 Å². The average molecular weight is 544 g/mol. The molecule has 37 heavy (non-hydrogen) atoms. The number of rotatable bonds is 7. The van der Waals surface area contributed by atoms with Crippen LogP contribution in [0.2, 0.25) is 10.0 Å². The number of ether oxygens (including phenoxy) is 2. The summed E-state index contributed by atoms with van der Waals surface area (Å²) in [7, 11) is 1.59. The van der Waals surface area contributed by atoms with Crippen molar-refractivity contribution in [2.45, 2.75) is 39.2 Å². The normalized spacial score (nSPS) is 19.1. The predicted octanol–water partition coefficient (Wildman–Crippen LogP) is 6.09. The summed E-state index contributed by atoms with van der Waals surface area (Å²) in [5.74, 6) is -0.536. The molecule has 6 nitrogen and oxygen atoms in total. The van der Waals surface area contributed by atoms with E-state index in [1.165, 1.54) is 12.1 Å².